The second-order valence-corrected chi connectivity index (χ2v) is 5.73. The van der Waals surface area contributed by atoms with E-state index in [0.717, 1.165) is 21.5 Å². The number of carbonyl (C=O) groups excluding carboxylic acids is 2. The Kier molecular flexibility index (Phi) is 5.43. The summed E-state index contributed by atoms with van der Waals surface area (Å²) in [7, 11) is 0. The van der Waals surface area contributed by atoms with Crippen LogP contribution in [0.2, 0.25) is 0 Å². The maximum absolute atomic E-state index is 12.5. The van der Waals surface area contributed by atoms with Gasteiger partial charge in [0.05, 0.1) is 11.1 Å². The molecule has 0 amide bonds. The lowest BCUT2D eigenvalue weighted by molar-refractivity contribution is 0.0400. The van der Waals surface area contributed by atoms with E-state index in [0.29, 0.717) is 11.1 Å². The smallest absolute Gasteiger partial charge is 0.346 e. The quantitative estimate of drug-likeness (QED) is 0.260. The largest absolute Gasteiger partial charge is 0.386 e. The van der Waals surface area contributed by atoms with Crippen LogP contribution in [0, 0.1) is 0 Å². The molecule has 132 valence electrons. The Morgan fingerprint density at radius 3 is 1.37 bits per heavy atom. The normalized spacial score (nSPS) is 10.1. The Bertz CT molecular complexity index is 1030. The highest BCUT2D eigenvalue weighted by Gasteiger charge is 2.18. The van der Waals surface area contributed by atoms with E-state index in [2.05, 4.69) is 13.2 Å². The minimum absolute atomic E-state index is 0.381. The van der Waals surface area contributed by atoms with Crippen LogP contribution in [0.15, 0.2) is 98.1 Å². The van der Waals surface area contributed by atoms with Crippen molar-refractivity contribution in [2.45, 2.75) is 0 Å². The predicted molar refractivity (Wildman–Crippen MR) is 109 cm³/mol. The molecule has 4 aromatic carbocycles. The first-order valence-electron chi connectivity index (χ1n) is 8.46. The molecule has 0 spiro atoms. The van der Waals surface area contributed by atoms with Crippen molar-refractivity contribution in [3.8, 4) is 0 Å². The molecule has 0 aliphatic rings. The topological polar surface area (TPSA) is 43.4 Å². The number of fused-ring (bicyclic) bond motifs is 2. The third kappa shape index (κ3) is 3.62. The van der Waals surface area contributed by atoms with E-state index in [-0.39, 0.29) is 0 Å². The Morgan fingerprint density at radius 2 is 0.926 bits per heavy atom. The van der Waals surface area contributed by atoms with Gasteiger partial charge in [0.1, 0.15) is 0 Å². The lowest BCUT2D eigenvalue weighted by atomic mass is 10.0. The maximum atomic E-state index is 12.5. The number of benzene rings is 4. The van der Waals surface area contributed by atoms with Crippen LogP contribution in [0.1, 0.15) is 20.7 Å². The molecule has 4 aromatic rings. The van der Waals surface area contributed by atoms with Gasteiger partial charge >= 0.3 is 11.9 Å². The first kappa shape index (κ1) is 18.1. The highest BCUT2D eigenvalue weighted by molar-refractivity contribution is 6.12. The van der Waals surface area contributed by atoms with Crippen molar-refractivity contribution in [2.24, 2.45) is 0 Å². The fraction of sp³-hybridized carbons (Fsp3) is 0. The molecule has 0 N–H and O–H groups in total. The Morgan fingerprint density at radius 1 is 0.556 bits per heavy atom. The number of ether oxygens (including phenoxy) is 1. The third-order valence-corrected chi connectivity index (χ3v) is 4.20. The molecule has 0 aliphatic heterocycles. The van der Waals surface area contributed by atoms with Gasteiger partial charge in [0.2, 0.25) is 0 Å². The van der Waals surface area contributed by atoms with Crippen molar-refractivity contribution in [1.29, 1.82) is 0 Å². The van der Waals surface area contributed by atoms with Crippen LogP contribution in [-0.2, 0) is 4.74 Å². The number of esters is 2. The molecule has 0 radical (unpaired) electrons. The number of hydrogen-bond donors (Lipinski definition) is 0. The predicted octanol–water partition coefficient (Wildman–Crippen LogP) is 5.79. The molecule has 0 atom stereocenters. The fourth-order valence-electron chi connectivity index (χ4n) is 3.00. The molecular formula is C24H18O3. The van der Waals surface area contributed by atoms with Crippen molar-refractivity contribution in [1.82, 2.24) is 0 Å². The molecule has 3 heteroatoms. The molecule has 0 bridgehead atoms. The number of carbonyl (C=O) groups is 2. The van der Waals surface area contributed by atoms with Crippen molar-refractivity contribution >= 4 is 33.5 Å². The van der Waals surface area contributed by atoms with Crippen LogP contribution in [0.25, 0.3) is 21.5 Å². The zero-order chi connectivity index (χ0) is 19.2. The van der Waals surface area contributed by atoms with E-state index in [1.54, 1.807) is 24.3 Å². The summed E-state index contributed by atoms with van der Waals surface area (Å²) in [6.07, 6.45) is 0. The van der Waals surface area contributed by atoms with Gasteiger partial charge in [-0.25, -0.2) is 9.59 Å². The molecule has 0 saturated heterocycles. The molecule has 0 heterocycles. The molecule has 0 fully saturated rings. The SMILES string of the molecule is C=C.O=C(OC(=O)c1cccc2ccccc12)c1cccc2ccccc12. The summed E-state index contributed by atoms with van der Waals surface area (Å²) in [5.74, 6) is -1.29. The zero-order valence-electron chi connectivity index (χ0n) is 14.7. The monoisotopic (exact) mass is 354 g/mol. The van der Waals surface area contributed by atoms with Crippen molar-refractivity contribution in [2.75, 3.05) is 0 Å². The van der Waals surface area contributed by atoms with Gasteiger partial charge in [0.25, 0.3) is 0 Å². The van der Waals surface area contributed by atoms with E-state index in [1.165, 1.54) is 0 Å². The fourth-order valence-corrected chi connectivity index (χ4v) is 3.00. The number of hydrogen-bond acceptors (Lipinski definition) is 3. The highest BCUT2D eigenvalue weighted by atomic mass is 16.6. The highest BCUT2D eigenvalue weighted by Crippen LogP contribution is 2.22. The summed E-state index contributed by atoms with van der Waals surface area (Å²) < 4.78 is 5.16. The molecule has 3 nitrogen and oxygen atoms in total. The lowest BCUT2D eigenvalue weighted by Gasteiger charge is -2.08. The van der Waals surface area contributed by atoms with Crippen molar-refractivity contribution in [3.63, 3.8) is 0 Å². The second-order valence-electron chi connectivity index (χ2n) is 5.73. The van der Waals surface area contributed by atoms with E-state index in [9.17, 15) is 9.59 Å². The van der Waals surface area contributed by atoms with Gasteiger partial charge in [-0.3, -0.25) is 0 Å². The van der Waals surface area contributed by atoms with Crippen LogP contribution >= 0.6 is 0 Å². The van der Waals surface area contributed by atoms with Gasteiger partial charge < -0.3 is 4.74 Å². The van der Waals surface area contributed by atoms with E-state index in [4.69, 9.17) is 4.74 Å². The summed E-state index contributed by atoms with van der Waals surface area (Å²) in [5, 5.41) is 3.38. The van der Waals surface area contributed by atoms with Gasteiger partial charge in [0.15, 0.2) is 0 Å². The van der Waals surface area contributed by atoms with Crippen LogP contribution in [-0.4, -0.2) is 11.9 Å². The van der Waals surface area contributed by atoms with Gasteiger partial charge in [-0.05, 0) is 33.7 Å². The van der Waals surface area contributed by atoms with Gasteiger partial charge in [-0.15, -0.1) is 13.2 Å². The van der Waals surface area contributed by atoms with Gasteiger partial charge in [0, 0.05) is 0 Å². The summed E-state index contributed by atoms with van der Waals surface area (Å²) in [6.45, 7) is 6.00. The Hall–Kier alpha value is -3.72. The van der Waals surface area contributed by atoms with Gasteiger partial charge in [-0.2, -0.15) is 0 Å². The summed E-state index contributed by atoms with van der Waals surface area (Å²) in [4.78, 5) is 25.1. The molecule has 0 saturated carbocycles. The third-order valence-electron chi connectivity index (χ3n) is 4.20. The minimum Gasteiger partial charge on any atom is -0.386 e. The summed E-state index contributed by atoms with van der Waals surface area (Å²) in [5.41, 5.74) is 0.762. The molecule has 0 aromatic heterocycles. The maximum Gasteiger partial charge on any atom is 0.346 e. The average molecular weight is 354 g/mol. The zero-order valence-corrected chi connectivity index (χ0v) is 14.7. The minimum atomic E-state index is -0.644. The Balaban J connectivity index is 0.00000102. The van der Waals surface area contributed by atoms with Crippen LogP contribution in [0.4, 0.5) is 0 Å². The average Bonchev–Trinajstić information content (AvgIpc) is 2.74. The molecule has 0 unspecified atom stereocenters. The van der Waals surface area contributed by atoms with Crippen LogP contribution < -0.4 is 0 Å². The molecular weight excluding hydrogens is 336 g/mol. The van der Waals surface area contributed by atoms with Crippen LogP contribution in [0.3, 0.4) is 0 Å². The van der Waals surface area contributed by atoms with E-state index in [1.807, 2.05) is 60.7 Å². The van der Waals surface area contributed by atoms with Gasteiger partial charge in [-0.1, -0.05) is 72.8 Å². The summed E-state index contributed by atoms with van der Waals surface area (Å²) >= 11 is 0. The summed E-state index contributed by atoms with van der Waals surface area (Å²) in [6, 6.07) is 25.7. The van der Waals surface area contributed by atoms with Crippen LogP contribution in [0.5, 0.6) is 0 Å². The molecule has 4 rings (SSSR count). The van der Waals surface area contributed by atoms with Crippen molar-refractivity contribution < 1.29 is 14.3 Å². The van der Waals surface area contributed by atoms with E-state index >= 15 is 0 Å². The first-order valence-corrected chi connectivity index (χ1v) is 8.46. The standard InChI is InChI=1S/C22H14O3.C2H4/c23-21(19-13-5-9-15-7-1-3-11-17(15)19)25-22(24)20-14-6-10-16-8-2-4-12-18(16)20;1-2/h1-14H;1-2H2. The van der Waals surface area contributed by atoms with Crippen molar-refractivity contribution in [3.05, 3.63) is 109 Å². The molecule has 27 heavy (non-hydrogen) atoms. The lowest BCUT2D eigenvalue weighted by Crippen LogP contribution is -2.13. The van der Waals surface area contributed by atoms with E-state index < -0.39 is 11.9 Å². The number of rotatable bonds is 2. The first-order chi connectivity index (χ1) is 13.2. The molecule has 0 aliphatic carbocycles. The Labute approximate surface area is 157 Å². The second kappa shape index (κ2) is 8.11.